The molecule has 13 heavy (non-hydrogen) atoms. The lowest BCUT2D eigenvalue weighted by atomic mass is 9.89. The highest BCUT2D eigenvalue weighted by Crippen LogP contribution is 2.34. The van der Waals surface area contributed by atoms with Crippen molar-refractivity contribution < 1.29 is 5.11 Å². The summed E-state index contributed by atoms with van der Waals surface area (Å²) in [7, 11) is 0. The molecule has 0 radical (unpaired) electrons. The van der Waals surface area contributed by atoms with E-state index in [1.54, 1.807) is 11.3 Å². The van der Waals surface area contributed by atoms with E-state index in [0.717, 1.165) is 10.0 Å². The van der Waals surface area contributed by atoms with Crippen LogP contribution in [0.4, 0.5) is 0 Å². The Bertz CT molecular complexity index is 270. The van der Waals surface area contributed by atoms with Gasteiger partial charge in [0.1, 0.15) is 0 Å². The molecule has 1 aromatic heterocycles. The first-order valence-corrected chi connectivity index (χ1v) is 6.17. The largest absolute Gasteiger partial charge is 0.388 e. The summed E-state index contributed by atoms with van der Waals surface area (Å²) in [4.78, 5) is 0. The maximum absolute atomic E-state index is 10.0. The van der Waals surface area contributed by atoms with Gasteiger partial charge in [0, 0.05) is 15.4 Å². The number of hydrogen-bond acceptors (Lipinski definition) is 2. The molecule has 2 atom stereocenters. The molecule has 74 valence electrons. The van der Waals surface area contributed by atoms with E-state index in [9.17, 15) is 5.11 Å². The van der Waals surface area contributed by atoms with Gasteiger partial charge in [-0.15, -0.1) is 0 Å². The Morgan fingerprint density at radius 3 is 2.31 bits per heavy atom. The molecule has 3 heteroatoms. The molecular formula is C10H15BrOS. The van der Waals surface area contributed by atoms with Gasteiger partial charge in [-0.25, -0.2) is 0 Å². The maximum Gasteiger partial charge on any atom is 0.0836 e. The zero-order valence-electron chi connectivity index (χ0n) is 8.12. The Labute approximate surface area is 91.9 Å². The molecule has 1 nitrogen and oxygen atoms in total. The molecule has 0 saturated carbocycles. The van der Waals surface area contributed by atoms with E-state index in [1.807, 2.05) is 10.8 Å². The number of thiophene rings is 1. The summed E-state index contributed by atoms with van der Waals surface area (Å²) in [6, 6.07) is 0. The molecule has 0 fully saturated rings. The van der Waals surface area contributed by atoms with Crippen LogP contribution in [0.2, 0.25) is 0 Å². The highest BCUT2D eigenvalue weighted by atomic mass is 79.9. The van der Waals surface area contributed by atoms with E-state index in [4.69, 9.17) is 0 Å². The summed E-state index contributed by atoms with van der Waals surface area (Å²) in [5.74, 6) is 0.799. The summed E-state index contributed by atoms with van der Waals surface area (Å²) >= 11 is 5.05. The van der Waals surface area contributed by atoms with E-state index < -0.39 is 0 Å². The molecule has 0 aliphatic rings. The highest BCUT2D eigenvalue weighted by Gasteiger charge is 2.21. The molecule has 0 amide bonds. The average Bonchev–Trinajstić information content (AvgIpc) is 2.48. The van der Waals surface area contributed by atoms with Crippen molar-refractivity contribution in [2.75, 3.05) is 0 Å². The SMILES string of the molecule is CC(C)C(C)C(O)c1cscc1Br. The van der Waals surface area contributed by atoms with E-state index in [-0.39, 0.29) is 6.10 Å². The van der Waals surface area contributed by atoms with Crippen molar-refractivity contribution in [1.29, 1.82) is 0 Å². The maximum atomic E-state index is 10.0. The molecule has 0 aromatic carbocycles. The van der Waals surface area contributed by atoms with Gasteiger partial charge in [-0.2, -0.15) is 11.3 Å². The lowest BCUT2D eigenvalue weighted by Gasteiger charge is -2.21. The second-order valence-corrected chi connectivity index (χ2v) is 5.32. The standard InChI is InChI=1S/C10H15BrOS/c1-6(2)7(3)10(12)8-4-13-5-9(8)11/h4-7,10,12H,1-3H3. The molecule has 1 rings (SSSR count). The molecule has 0 aliphatic heterocycles. The molecular weight excluding hydrogens is 248 g/mol. The molecule has 1 N–H and O–H groups in total. The minimum absolute atomic E-state index is 0.297. The summed E-state index contributed by atoms with van der Waals surface area (Å²) < 4.78 is 1.03. The predicted octanol–water partition coefficient (Wildman–Crippen LogP) is 3.84. The Morgan fingerprint density at radius 1 is 1.31 bits per heavy atom. The Hall–Kier alpha value is 0.140. The van der Waals surface area contributed by atoms with Gasteiger partial charge in [-0.3, -0.25) is 0 Å². The Morgan fingerprint density at radius 2 is 1.92 bits per heavy atom. The minimum atomic E-state index is -0.347. The predicted molar refractivity (Wildman–Crippen MR) is 61.0 cm³/mol. The number of hydrogen-bond donors (Lipinski definition) is 1. The van der Waals surface area contributed by atoms with Crippen molar-refractivity contribution in [3.63, 3.8) is 0 Å². The first kappa shape index (κ1) is 11.2. The highest BCUT2D eigenvalue weighted by molar-refractivity contribution is 9.10. The van der Waals surface area contributed by atoms with Gasteiger partial charge >= 0.3 is 0 Å². The molecule has 0 saturated heterocycles. The van der Waals surface area contributed by atoms with Crippen molar-refractivity contribution in [2.24, 2.45) is 11.8 Å². The van der Waals surface area contributed by atoms with Crippen molar-refractivity contribution >= 4 is 27.3 Å². The molecule has 0 aliphatic carbocycles. The zero-order valence-corrected chi connectivity index (χ0v) is 10.5. The average molecular weight is 263 g/mol. The summed E-state index contributed by atoms with van der Waals surface area (Å²) in [6.45, 7) is 6.35. The lowest BCUT2D eigenvalue weighted by molar-refractivity contribution is 0.0919. The van der Waals surface area contributed by atoms with Gasteiger partial charge in [0.25, 0.3) is 0 Å². The van der Waals surface area contributed by atoms with Crippen LogP contribution in [-0.2, 0) is 0 Å². The van der Waals surface area contributed by atoms with Gasteiger partial charge in [0.2, 0.25) is 0 Å². The van der Waals surface area contributed by atoms with Gasteiger partial charge in [0.05, 0.1) is 6.10 Å². The molecule has 1 aromatic rings. The normalized spacial score (nSPS) is 16.2. The van der Waals surface area contributed by atoms with Crippen LogP contribution in [0.15, 0.2) is 15.2 Å². The quantitative estimate of drug-likeness (QED) is 0.878. The van der Waals surface area contributed by atoms with Gasteiger partial charge in [-0.05, 0) is 33.1 Å². The van der Waals surface area contributed by atoms with Crippen molar-refractivity contribution in [1.82, 2.24) is 0 Å². The number of aliphatic hydroxyl groups is 1. The smallest absolute Gasteiger partial charge is 0.0836 e. The number of rotatable bonds is 3. The number of aliphatic hydroxyl groups excluding tert-OH is 1. The van der Waals surface area contributed by atoms with Crippen LogP contribution in [0, 0.1) is 11.8 Å². The second-order valence-electron chi connectivity index (χ2n) is 3.72. The van der Waals surface area contributed by atoms with Gasteiger partial charge < -0.3 is 5.11 Å². The Balaban J connectivity index is 2.79. The fourth-order valence-corrected chi connectivity index (χ4v) is 2.71. The summed E-state index contributed by atoms with van der Waals surface area (Å²) in [5.41, 5.74) is 1.02. The minimum Gasteiger partial charge on any atom is -0.388 e. The van der Waals surface area contributed by atoms with Crippen molar-refractivity contribution in [2.45, 2.75) is 26.9 Å². The van der Waals surface area contributed by atoms with Gasteiger partial charge in [-0.1, -0.05) is 20.8 Å². The fourth-order valence-electron chi connectivity index (χ4n) is 1.15. The van der Waals surface area contributed by atoms with Crippen LogP contribution in [-0.4, -0.2) is 5.11 Å². The number of halogens is 1. The van der Waals surface area contributed by atoms with Crippen molar-refractivity contribution in [3.05, 3.63) is 20.8 Å². The molecule has 0 spiro atoms. The van der Waals surface area contributed by atoms with Gasteiger partial charge in [0.15, 0.2) is 0 Å². The van der Waals surface area contributed by atoms with Crippen LogP contribution in [0.25, 0.3) is 0 Å². The molecule has 2 unspecified atom stereocenters. The third-order valence-electron chi connectivity index (χ3n) is 2.51. The molecule has 0 bridgehead atoms. The first-order chi connectivity index (χ1) is 6.04. The van der Waals surface area contributed by atoms with Crippen LogP contribution >= 0.6 is 27.3 Å². The van der Waals surface area contributed by atoms with Crippen LogP contribution in [0.3, 0.4) is 0 Å². The van der Waals surface area contributed by atoms with E-state index in [0.29, 0.717) is 11.8 Å². The van der Waals surface area contributed by atoms with Crippen LogP contribution < -0.4 is 0 Å². The third-order valence-corrected chi connectivity index (χ3v) is 4.26. The monoisotopic (exact) mass is 262 g/mol. The van der Waals surface area contributed by atoms with Crippen LogP contribution in [0.1, 0.15) is 32.4 Å². The Kier molecular flexibility index (Phi) is 3.95. The van der Waals surface area contributed by atoms with E-state index in [2.05, 4.69) is 36.7 Å². The second kappa shape index (κ2) is 4.58. The van der Waals surface area contributed by atoms with Crippen LogP contribution in [0.5, 0.6) is 0 Å². The first-order valence-electron chi connectivity index (χ1n) is 4.43. The topological polar surface area (TPSA) is 20.2 Å². The summed E-state index contributed by atoms with van der Waals surface area (Å²) in [6.07, 6.45) is -0.347. The third kappa shape index (κ3) is 2.55. The van der Waals surface area contributed by atoms with E-state index in [1.165, 1.54) is 0 Å². The summed E-state index contributed by atoms with van der Waals surface area (Å²) in [5, 5.41) is 14.0. The molecule has 1 heterocycles. The fraction of sp³-hybridized carbons (Fsp3) is 0.600. The lowest BCUT2D eigenvalue weighted by Crippen LogP contribution is -2.14. The van der Waals surface area contributed by atoms with E-state index >= 15 is 0 Å². The van der Waals surface area contributed by atoms with Crippen molar-refractivity contribution in [3.8, 4) is 0 Å². The zero-order chi connectivity index (χ0) is 10.0.